The van der Waals surface area contributed by atoms with Crippen molar-refractivity contribution in [2.75, 3.05) is 7.11 Å². The molecule has 2 N–H and O–H groups in total. The van der Waals surface area contributed by atoms with E-state index >= 15 is 0 Å². The Labute approximate surface area is 99.7 Å². The van der Waals surface area contributed by atoms with Gasteiger partial charge in [0.1, 0.15) is 5.69 Å². The van der Waals surface area contributed by atoms with E-state index in [4.69, 9.17) is 10.5 Å². The Morgan fingerprint density at radius 3 is 2.65 bits per heavy atom. The van der Waals surface area contributed by atoms with Crippen LogP contribution in [-0.4, -0.2) is 22.1 Å². The number of aryl methyl sites for hydroxylation is 1. The molecule has 0 aliphatic heterocycles. The SMILES string of the molecule is COc1ncc(CN)nc1-c1ccc(C)nc1. The predicted octanol–water partition coefficient (Wildman–Crippen LogP) is 1.31. The summed E-state index contributed by atoms with van der Waals surface area (Å²) in [5.41, 5.74) is 8.77. The topological polar surface area (TPSA) is 73.9 Å². The van der Waals surface area contributed by atoms with E-state index in [9.17, 15) is 0 Å². The maximum Gasteiger partial charge on any atom is 0.240 e. The van der Waals surface area contributed by atoms with Gasteiger partial charge in [0.15, 0.2) is 0 Å². The summed E-state index contributed by atoms with van der Waals surface area (Å²) in [4.78, 5) is 12.8. The number of hydrogen-bond donors (Lipinski definition) is 1. The summed E-state index contributed by atoms with van der Waals surface area (Å²) in [6, 6.07) is 3.86. The second-order valence-electron chi connectivity index (χ2n) is 3.61. The number of aromatic nitrogens is 3. The van der Waals surface area contributed by atoms with Crippen molar-refractivity contribution in [3.05, 3.63) is 35.9 Å². The lowest BCUT2D eigenvalue weighted by Gasteiger charge is -2.07. The lowest BCUT2D eigenvalue weighted by atomic mass is 10.2. The van der Waals surface area contributed by atoms with Crippen LogP contribution >= 0.6 is 0 Å². The second kappa shape index (κ2) is 4.88. The van der Waals surface area contributed by atoms with Crippen LogP contribution in [0.15, 0.2) is 24.5 Å². The molecular weight excluding hydrogens is 216 g/mol. The Bertz CT molecular complexity index is 510. The van der Waals surface area contributed by atoms with E-state index in [1.54, 1.807) is 19.5 Å². The number of nitrogens with two attached hydrogens (primary N) is 1. The molecule has 0 saturated heterocycles. The van der Waals surface area contributed by atoms with Crippen LogP contribution < -0.4 is 10.5 Å². The third kappa shape index (κ3) is 2.39. The van der Waals surface area contributed by atoms with Crippen molar-refractivity contribution < 1.29 is 4.74 Å². The zero-order valence-corrected chi connectivity index (χ0v) is 9.84. The van der Waals surface area contributed by atoms with Crippen molar-refractivity contribution in [1.82, 2.24) is 15.0 Å². The molecule has 0 aromatic carbocycles. The molecular formula is C12H14N4O. The summed E-state index contributed by atoms with van der Waals surface area (Å²) in [5, 5.41) is 0. The van der Waals surface area contributed by atoms with E-state index in [1.165, 1.54) is 0 Å². The first-order valence-corrected chi connectivity index (χ1v) is 5.27. The van der Waals surface area contributed by atoms with Crippen molar-refractivity contribution in [2.45, 2.75) is 13.5 Å². The van der Waals surface area contributed by atoms with Crippen LogP contribution in [0.3, 0.4) is 0 Å². The molecule has 5 heteroatoms. The van der Waals surface area contributed by atoms with Gasteiger partial charge in [-0.05, 0) is 19.1 Å². The molecule has 2 rings (SSSR count). The second-order valence-corrected chi connectivity index (χ2v) is 3.61. The van der Waals surface area contributed by atoms with Crippen LogP contribution in [0.5, 0.6) is 5.88 Å². The molecule has 0 fully saturated rings. The molecule has 0 aliphatic carbocycles. The van der Waals surface area contributed by atoms with Gasteiger partial charge < -0.3 is 10.5 Å². The minimum atomic E-state index is 0.350. The van der Waals surface area contributed by atoms with Gasteiger partial charge in [-0.25, -0.2) is 9.97 Å². The summed E-state index contributed by atoms with van der Waals surface area (Å²) >= 11 is 0. The Morgan fingerprint density at radius 1 is 1.24 bits per heavy atom. The van der Waals surface area contributed by atoms with E-state index in [-0.39, 0.29) is 0 Å². The average molecular weight is 230 g/mol. The maximum absolute atomic E-state index is 5.55. The fourth-order valence-corrected chi connectivity index (χ4v) is 1.46. The fourth-order valence-electron chi connectivity index (χ4n) is 1.46. The monoisotopic (exact) mass is 230 g/mol. The average Bonchev–Trinajstić information content (AvgIpc) is 2.39. The molecule has 0 bridgehead atoms. The highest BCUT2D eigenvalue weighted by molar-refractivity contribution is 5.63. The van der Waals surface area contributed by atoms with Gasteiger partial charge in [-0.15, -0.1) is 0 Å². The number of hydrogen-bond acceptors (Lipinski definition) is 5. The lowest BCUT2D eigenvalue weighted by molar-refractivity contribution is 0.397. The van der Waals surface area contributed by atoms with Crippen LogP contribution in [-0.2, 0) is 6.54 Å². The fraction of sp³-hybridized carbons (Fsp3) is 0.250. The van der Waals surface area contributed by atoms with Gasteiger partial charge in [-0.2, -0.15) is 0 Å². The molecule has 2 aromatic rings. The summed E-state index contributed by atoms with van der Waals surface area (Å²) in [6.45, 7) is 2.28. The lowest BCUT2D eigenvalue weighted by Crippen LogP contribution is -2.04. The predicted molar refractivity (Wildman–Crippen MR) is 64.4 cm³/mol. The Morgan fingerprint density at radius 2 is 2.06 bits per heavy atom. The van der Waals surface area contributed by atoms with Crippen molar-refractivity contribution in [1.29, 1.82) is 0 Å². The molecule has 0 aliphatic rings. The maximum atomic E-state index is 5.55. The molecule has 5 nitrogen and oxygen atoms in total. The van der Waals surface area contributed by atoms with E-state index in [2.05, 4.69) is 15.0 Å². The minimum Gasteiger partial charge on any atom is -0.479 e. The smallest absolute Gasteiger partial charge is 0.240 e. The third-order valence-electron chi connectivity index (χ3n) is 2.38. The minimum absolute atomic E-state index is 0.350. The molecule has 0 amide bonds. The highest BCUT2D eigenvalue weighted by atomic mass is 16.5. The van der Waals surface area contributed by atoms with E-state index in [0.29, 0.717) is 18.1 Å². The van der Waals surface area contributed by atoms with Crippen molar-refractivity contribution in [3.63, 3.8) is 0 Å². The molecule has 0 saturated carbocycles. The van der Waals surface area contributed by atoms with Crippen LogP contribution in [0.2, 0.25) is 0 Å². The largest absolute Gasteiger partial charge is 0.479 e. The Balaban J connectivity index is 2.51. The van der Waals surface area contributed by atoms with Crippen molar-refractivity contribution in [3.8, 4) is 17.1 Å². The van der Waals surface area contributed by atoms with Gasteiger partial charge in [0.25, 0.3) is 0 Å². The summed E-state index contributed by atoms with van der Waals surface area (Å²) < 4.78 is 5.19. The Kier molecular flexibility index (Phi) is 3.30. The van der Waals surface area contributed by atoms with Crippen molar-refractivity contribution >= 4 is 0 Å². The van der Waals surface area contributed by atoms with Crippen molar-refractivity contribution in [2.24, 2.45) is 5.73 Å². The molecule has 0 spiro atoms. The zero-order chi connectivity index (χ0) is 12.3. The molecule has 88 valence electrons. The summed E-state index contributed by atoms with van der Waals surface area (Å²) in [5.74, 6) is 0.479. The van der Waals surface area contributed by atoms with E-state index < -0.39 is 0 Å². The van der Waals surface area contributed by atoms with Gasteiger partial charge in [0.2, 0.25) is 5.88 Å². The van der Waals surface area contributed by atoms with Crippen LogP contribution in [0, 0.1) is 6.92 Å². The quantitative estimate of drug-likeness (QED) is 0.860. The van der Waals surface area contributed by atoms with Gasteiger partial charge >= 0.3 is 0 Å². The zero-order valence-electron chi connectivity index (χ0n) is 9.84. The van der Waals surface area contributed by atoms with Gasteiger partial charge in [-0.3, -0.25) is 4.98 Å². The molecule has 0 unspecified atom stereocenters. The van der Waals surface area contributed by atoms with Crippen LogP contribution in [0.4, 0.5) is 0 Å². The summed E-state index contributed by atoms with van der Waals surface area (Å²) in [7, 11) is 1.57. The number of rotatable bonds is 3. The highest BCUT2D eigenvalue weighted by Crippen LogP contribution is 2.25. The normalized spacial score (nSPS) is 10.3. The first-order chi connectivity index (χ1) is 8.24. The third-order valence-corrected chi connectivity index (χ3v) is 2.38. The molecule has 17 heavy (non-hydrogen) atoms. The number of pyridine rings is 1. The highest BCUT2D eigenvalue weighted by Gasteiger charge is 2.10. The van der Waals surface area contributed by atoms with Crippen LogP contribution in [0.1, 0.15) is 11.4 Å². The number of nitrogens with zero attached hydrogens (tertiary/aromatic N) is 3. The van der Waals surface area contributed by atoms with Crippen LogP contribution in [0.25, 0.3) is 11.3 Å². The molecule has 0 atom stereocenters. The first kappa shape index (κ1) is 11.5. The first-order valence-electron chi connectivity index (χ1n) is 5.27. The molecule has 0 radical (unpaired) electrons. The Hall–Kier alpha value is -2.01. The number of methoxy groups -OCH3 is 1. The van der Waals surface area contributed by atoms with E-state index in [1.807, 2.05) is 19.1 Å². The number of ether oxygens (including phenoxy) is 1. The summed E-state index contributed by atoms with van der Waals surface area (Å²) in [6.07, 6.45) is 3.37. The molecule has 2 aromatic heterocycles. The van der Waals surface area contributed by atoms with Gasteiger partial charge in [0, 0.05) is 24.0 Å². The van der Waals surface area contributed by atoms with Gasteiger partial charge in [-0.1, -0.05) is 0 Å². The molecule has 2 heterocycles. The van der Waals surface area contributed by atoms with E-state index in [0.717, 1.165) is 17.0 Å². The van der Waals surface area contributed by atoms with Gasteiger partial charge in [0.05, 0.1) is 19.0 Å². The standard InChI is InChI=1S/C12H14N4O/c1-8-3-4-9(6-14-8)11-12(17-2)15-7-10(5-13)16-11/h3-4,6-7H,5,13H2,1-2H3.